The molecule has 0 spiro atoms. The van der Waals surface area contributed by atoms with Crippen LogP contribution in [0, 0.1) is 34.5 Å². The molecule has 24 heavy (non-hydrogen) atoms. The maximum atomic E-state index is 12.3. The molecule has 3 nitrogen and oxygen atoms in total. The van der Waals surface area contributed by atoms with E-state index in [9.17, 15) is 15.0 Å². The summed E-state index contributed by atoms with van der Waals surface area (Å²) >= 11 is 0. The van der Waals surface area contributed by atoms with Gasteiger partial charge in [0.2, 0.25) is 0 Å². The van der Waals surface area contributed by atoms with Gasteiger partial charge in [0, 0.05) is 5.41 Å². The van der Waals surface area contributed by atoms with E-state index in [2.05, 4.69) is 13.8 Å². The van der Waals surface area contributed by atoms with Crippen LogP contribution in [-0.2, 0) is 4.79 Å². The molecule has 7 atom stereocenters. The van der Waals surface area contributed by atoms with E-state index in [4.69, 9.17) is 0 Å². The molecule has 4 aliphatic rings. The van der Waals surface area contributed by atoms with E-state index >= 15 is 0 Å². The van der Waals surface area contributed by atoms with Gasteiger partial charge in [0.15, 0.2) is 5.78 Å². The molecule has 0 aromatic rings. The minimum Gasteiger partial charge on any atom is -0.388 e. The third-order valence-electron chi connectivity index (χ3n) is 9.34. The van der Waals surface area contributed by atoms with E-state index in [1.165, 1.54) is 38.5 Å². The number of Topliss-reactive ketones (excluding diaryl/α,β-unsaturated/α-hetero) is 1. The minimum absolute atomic E-state index is 0.328. The van der Waals surface area contributed by atoms with Crippen molar-refractivity contribution in [2.75, 3.05) is 6.61 Å². The van der Waals surface area contributed by atoms with Crippen LogP contribution in [0.1, 0.15) is 78.1 Å². The Kier molecular flexibility index (Phi) is 3.93. The largest absolute Gasteiger partial charge is 0.388 e. The van der Waals surface area contributed by atoms with Gasteiger partial charge in [-0.2, -0.15) is 0 Å². The van der Waals surface area contributed by atoms with Crippen molar-refractivity contribution in [2.45, 2.75) is 83.7 Å². The average molecular weight is 335 g/mol. The van der Waals surface area contributed by atoms with Crippen molar-refractivity contribution in [1.82, 2.24) is 0 Å². The fourth-order valence-electron chi connectivity index (χ4n) is 7.90. The van der Waals surface area contributed by atoms with Crippen LogP contribution < -0.4 is 0 Å². The topological polar surface area (TPSA) is 57.5 Å². The van der Waals surface area contributed by atoms with E-state index in [1.807, 2.05) is 0 Å². The van der Waals surface area contributed by atoms with Gasteiger partial charge in [0.25, 0.3) is 0 Å². The van der Waals surface area contributed by atoms with E-state index in [0.717, 1.165) is 31.1 Å². The van der Waals surface area contributed by atoms with Gasteiger partial charge < -0.3 is 10.2 Å². The lowest BCUT2D eigenvalue weighted by Crippen LogP contribution is -2.58. The van der Waals surface area contributed by atoms with Gasteiger partial charge in [0.1, 0.15) is 12.2 Å². The van der Waals surface area contributed by atoms with Gasteiger partial charge >= 0.3 is 0 Å². The molecule has 0 saturated heterocycles. The van der Waals surface area contributed by atoms with Crippen LogP contribution in [0.5, 0.6) is 0 Å². The van der Waals surface area contributed by atoms with Crippen molar-refractivity contribution in [3.8, 4) is 0 Å². The van der Waals surface area contributed by atoms with Crippen LogP contribution in [0.3, 0.4) is 0 Å². The number of aliphatic hydroxyl groups is 2. The molecule has 3 heteroatoms. The predicted molar refractivity (Wildman–Crippen MR) is 93.4 cm³/mol. The van der Waals surface area contributed by atoms with Crippen LogP contribution in [0.25, 0.3) is 0 Å². The van der Waals surface area contributed by atoms with E-state index in [0.29, 0.717) is 23.7 Å². The number of hydrogen-bond donors (Lipinski definition) is 2. The zero-order valence-corrected chi connectivity index (χ0v) is 15.4. The van der Waals surface area contributed by atoms with E-state index in [1.54, 1.807) is 0 Å². The monoisotopic (exact) mass is 334 g/mol. The van der Waals surface area contributed by atoms with Gasteiger partial charge in [-0.25, -0.2) is 0 Å². The summed E-state index contributed by atoms with van der Waals surface area (Å²) in [7, 11) is 0. The Morgan fingerprint density at radius 2 is 1.71 bits per heavy atom. The number of aliphatic hydroxyl groups excluding tert-OH is 1. The molecule has 136 valence electrons. The molecule has 0 amide bonds. The van der Waals surface area contributed by atoms with Crippen LogP contribution in [0.15, 0.2) is 0 Å². The van der Waals surface area contributed by atoms with E-state index in [-0.39, 0.29) is 11.2 Å². The summed E-state index contributed by atoms with van der Waals surface area (Å²) in [6.07, 6.45) is 11.8. The lowest BCUT2D eigenvalue weighted by atomic mass is 9.44. The summed E-state index contributed by atoms with van der Waals surface area (Å²) in [5, 5.41) is 20.6. The fourth-order valence-corrected chi connectivity index (χ4v) is 7.90. The van der Waals surface area contributed by atoms with Crippen molar-refractivity contribution in [1.29, 1.82) is 0 Å². The number of hydrogen-bond acceptors (Lipinski definition) is 3. The Balaban J connectivity index is 1.65. The third kappa shape index (κ3) is 2.00. The second kappa shape index (κ2) is 5.54. The molecular weight excluding hydrogens is 300 g/mol. The molecule has 4 aliphatic carbocycles. The minimum atomic E-state index is -1.29. The molecule has 0 heterocycles. The standard InChI is InChI=1S/C21H34O3/c1-19-10-4-3-5-14(19)6-7-15-16(19)8-11-20(2)17(15)9-12-21(20,24)18(23)13-22/h14-17,22,24H,3-13H2,1-2H3/t14-,15-,16+,17+,19+,20+,21+/m1/s1. The van der Waals surface area contributed by atoms with Crippen molar-refractivity contribution in [3.63, 3.8) is 0 Å². The molecule has 0 radical (unpaired) electrons. The summed E-state index contributed by atoms with van der Waals surface area (Å²) in [5.74, 6) is 2.46. The summed E-state index contributed by atoms with van der Waals surface area (Å²) in [5.41, 5.74) is -1.13. The average Bonchev–Trinajstić information content (AvgIpc) is 2.86. The second-order valence-corrected chi connectivity index (χ2v) is 9.84. The lowest BCUT2D eigenvalue weighted by molar-refractivity contribution is -0.171. The third-order valence-corrected chi connectivity index (χ3v) is 9.34. The Morgan fingerprint density at radius 1 is 0.958 bits per heavy atom. The van der Waals surface area contributed by atoms with Gasteiger partial charge in [-0.1, -0.05) is 26.7 Å². The number of carbonyl (C=O) groups is 1. The first-order valence-corrected chi connectivity index (χ1v) is 10.2. The molecule has 0 aliphatic heterocycles. The smallest absolute Gasteiger partial charge is 0.190 e. The molecule has 0 aromatic carbocycles. The fraction of sp³-hybridized carbons (Fsp3) is 0.952. The zero-order valence-electron chi connectivity index (χ0n) is 15.4. The maximum Gasteiger partial charge on any atom is 0.190 e. The second-order valence-electron chi connectivity index (χ2n) is 9.84. The molecule has 0 aromatic heterocycles. The highest BCUT2D eigenvalue weighted by molar-refractivity contribution is 5.89. The molecule has 4 rings (SSSR count). The highest BCUT2D eigenvalue weighted by atomic mass is 16.3. The first-order valence-electron chi connectivity index (χ1n) is 10.2. The summed E-state index contributed by atoms with van der Waals surface area (Å²) in [6.45, 7) is 4.17. The Bertz CT molecular complexity index is 531. The normalized spacial score (nSPS) is 53.8. The summed E-state index contributed by atoms with van der Waals surface area (Å²) in [4.78, 5) is 12.3. The van der Waals surface area contributed by atoms with E-state index < -0.39 is 12.2 Å². The summed E-state index contributed by atoms with van der Waals surface area (Å²) in [6, 6.07) is 0. The summed E-state index contributed by atoms with van der Waals surface area (Å²) < 4.78 is 0. The van der Waals surface area contributed by atoms with Crippen LogP contribution in [-0.4, -0.2) is 28.2 Å². The highest BCUT2D eigenvalue weighted by Gasteiger charge is 2.66. The number of rotatable bonds is 2. The van der Waals surface area contributed by atoms with Gasteiger partial charge in [-0.3, -0.25) is 4.79 Å². The van der Waals surface area contributed by atoms with Crippen LogP contribution in [0.2, 0.25) is 0 Å². The quantitative estimate of drug-likeness (QED) is 0.809. The van der Waals surface area contributed by atoms with Gasteiger partial charge in [-0.05, 0) is 80.5 Å². The Morgan fingerprint density at radius 3 is 2.46 bits per heavy atom. The maximum absolute atomic E-state index is 12.3. The molecular formula is C21H34O3. The molecule has 0 bridgehead atoms. The Hall–Kier alpha value is -0.410. The number of ketones is 1. The molecule has 4 saturated carbocycles. The zero-order chi connectivity index (χ0) is 17.2. The number of fused-ring (bicyclic) bond motifs is 5. The van der Waals surface area contributed by atoms with Gasteiger partial charge in [-0.15, -0.1) is 0 Å². The molecule has 0 unspecified atom stereocenters. The predicted octanol–water partition coefficient (Wildman–Crippen LogP) is 3.71. The SMILES string of the molecule is C[C@]12CCCC[C@@H]1CC[C@@H]1[C@@H]2CC[C@@]2(C)[C@H]1CC[C@]2(O)C(=O)CO. The van der Waals surface area contributed by atoms with Gasteiger partial charge in [0.05, 0.1) is 0 Å². The molecule has 2 N–H and O–H groups in total. The van der Waals surface area contributed by atoms with Crippen molar-refractivity contribution in [2.24, 2.45) is 34.5 Å². The molecule has 4 fully saturated rings. The van der Waals surface area contributed by atoms with Crippen molar-refractivity contribution in [3.05, 3.63) is 0 Å². The van der Waals surface area contributed by atoms with Crippen LogP contribution >= 0.6 is 0 Å². The Labute approximate surface area is 146 Å². The number of carbonyl (C=O) groups excluding carboxylic acids is 1. The first-order chi connectivity index (χ1) is 11.4. The lowest BCUT2D eigenvalue weighted by Gasteiger charge is -2.61. The van der Waals surface area contributed by atoms with Crippen molar-refractivity contribution < 1.29 is 15.0 Å². The highest BCUT2D eigenvalue weighted by Crippen LogP contribution is 2.68. The van der Waals surface area contributed by atoms with Crippen LogP contribution in [0.4, 0.5) is 0 Å². The first kappa shape index (κ1) is 17.0. The van der Waals surface area contributed by atoms with Crippen molar-refractivity contribution >= 4 is 5.78 Å².